The molecule has 1 amide bonds. The van der Waals surface area contributed by atoms with Crippen molar-refractivity contribution in [1.82, 2.24) is 5.32 Å². The van der Waals surface area contributed by atoms with Crippen LogP contribution in [0.2, 0.25) is 0 Å². The van der Waals surface area contributed by atoms with Crippen molar-refractivity contribution in [1.29, 1.82) is 0 Å². The van der Waals surface area contributed by atoms with Crippen molar-refractivity contribution in [2.24, 2.45) is 0 Å². The summed E-state index contributed by atoms with van der Waals surface area (Å²) in [6.07, 6.45) is -0.153. The third-order valence-electron chi connectivity index (χ3n) is 4.66. The molecule has 29 heavy (non-hydrogen) atoms. The van der Waals surface area contributed by atoms with Crippen LogP contribution >= 0.6 is 12.4 Å². The summed E-state index contributed by atoms with van der Waals surface area (Å²) in [5.41, 5.74) is 1.67. The number of nitrogens with one attached hydrogen (secondary N) is 2. The highest BCUT2D eigenvalue weighted by atomic mass is 35.5. The van der Waals surface area contributed by atoms with Gasteiger partial charge in [-0.15, -0.1) is 12.4 Å². The second-order valence-corrected chi connectivity index (χ2v) is 7.55. The Kier molecular flexibility index (Phi) is 7.35. The maximum absolute atomic E-state index is 11.5. The van der Waals surface area contributed by atoms with Gasteiger partial charge >= 0.3 is 0 Å². The number of anilines is 1. The van der Waals surface area contributed by atoms with Crippen LogP contribution < -0.4 is 20.1 Å². The first-order valence-electron chi connectivity index (χ1n) is 9.13. The Morgan fingerprint density at radius 2 is 1.97 bits per heavy atom. The fourth-order valence-electron chi connectivity index (χ4n) is 3.26. The van der Waals surface area contributed by atoms with E-state index in [2.05, 4.69) is 24.5 Å². The number of ether oxygens (including phenoxy) is 2. The van der Waals surface area contributed by atoms with Crippen molar-refractivity contribution in [3.05, 3.63) is 47.5 Å². The van der Waals surface area contributed by atoms with E-state index in [1.807, 2.05) is 24.3 Å². The fourth-order valence-corrected chi connectivity index (χ4v) is 3.26. The van der Waals surface area contributed by atoms with Crippen molar-refractivity contribution < 1.29 is 24.5 Å². The first-order valence-corrected chi connectivity index (χ1v) is 9.13. The number of carbonyl (C=O) groups excluding carboxylic acids is 1. The van der Waals surface area contributed by atoms with E-state index >= 15 is 0 Å². The predicted octanol–water partition coefficient (Wildman–Crippen LogP) is 2.80. The third kappa shape index (κ3) is 5.76. The van der Waals surface area contributed by atoms with Crippen LogP contribution in [0.3, 0.4) is 0 Å². The SMILES string of the molecule is COc1ccc(CC(C)(C)NC[C@H](O)c2cc(O)cc3c2OCC(=O)N3)cc1.Cl. The monoisotopic (exact) mass is 422 g/mol. The lowest BCUT2D eigenvalue weighted by Crippen LogP contribution is -2.43. The molecule has 4 N–H and O–H groups in total. The average Bonchev–Trinajstić information content (AvgIpc) is 2.65. The maximum Gasteiger partial charge on any atom is 0.262 e. The number of carbonyl (C=O) groups is 1. The topological polar surface area (TPSA) is 100 Å². The van der Waals surface area contributed by atoms with Gasteiger partial charge in [0, 0.05) is 23.7 Å². The predicted molar refractivity (Wildman–Crippen MR) is 113 cm³/mol. The Bertz CT molecular complexity index is 855. The number of rotatable bonds is 7. The van der Waals surface area contributed by atoms with E-state index in [4.69, 9.17) is 9.47 Å². The van der Waals surface area contributed by atoms with Gasteiger partial charge in [0.1, 0.15) is 17.2 Å². The van der Waals surface area contributed by atoms with Gasteiger partial charge in [-0.3, -0.25) is 4.79 Å². The van der Waals surface area contributed by atoms with Crippen LogP contribution in [0.4, 0.5) is 5.69 Å². The number of aliphatic hydroxyl groups excluding tert-OH is 1. The zero-order valence-electron chi connectivity index (χ0n) is 16.7. The quantitative estimate of drug-likeness (QED) is 0.547. The molecule has 2 aromatic rings. The molecule has 158 valence electrons. The number of phenols is 1. The summed E-state index contributed by atoms with van der Waals surface area (Å²) in [6, 6.07) is 10.7. The van der Waals surface area contributed by atoms with Gasteiger partial charge in [0.25, 0.3) is 5.91 Å². The van der Waals surface area contributed by atoms with Crippen molar-refractivity contribution in [2.75, 3.05) is 25.6 Å². The lowest BCUT2D eigenvalue weighted by Gasteiger charge is -2.29. The summed E-state index contributed by atoms with van der Waals surface area (Å²) in [5.74, 6) is 0.860. The molecule has 1 heterocycles. The summed E-state index contributed by atoms with van der Waals surface area (Å²) in [6.45, 7) is 4.25. The minimum absolute atomic E-state index is 0. The average molecular weight is 423 g/mol. The molecule has 3 rings (SSSR count). The molecule has 0 saturated heterocycles. The number of halogens is 1. The number of hydrogen-bond acceptors (Lipinski definition) is 6. The third-order valence-corrected chi connectivity index (χ3v) is 4.66. The van der Waals surface area contributed by atoms with Crippen LogP contribution in [-0.4, -0.2) is 41.9 Å². The molecule has 8 heteroatoms. The Morgan fingerprint density at radius 1 is 1.28 bits per heavy atom. The van der Waals surface area contributed by atoms with Crippen LogP contribution in [0.15, 0.2) is 36.4 Å². The molecule has 0 saturated carbocycles. The number of methoxy groups -OCH3 is 1. The molecule has 1 aliphatic rings. The highest BCUT2D eigenvalue weighted by Gasteiger charge is 2.26. The molecule has 1 atom stereocenters. The van der Waals surface area contributed by atoms with Crippen LogP contribution in [0.25, 0.3) is 0 Å². The van der Waals surface area contributed by atoms with Gasteiger partial charge in [-0.05, 0) is 44.0 Å². The van der Waals surface area contributed by atoms with E-state index in [9.17, 15) is 15.0 Å². The highest BCUT2D eigenvalue weighted by Crippen LogP contribution is 2.38. The minimum Gasteiger partial charge on any atom is -0.508 e. The van der Waals surface area contributed by atoms with Crippen LogP contribution in [0, 0.1) is 0 Å². The van der Waals surface area contributed by atoms with E-state index in [-0.39, 0.29) is 42.8 Å². The van der Waals surface area contributed by atoms with Gasteiger partial charge in [0.15, 0.2) is 6.61 Å². The Balaban J connectivity index is 0.00000300. The second-order valence-electron chi connectivity index (χ2n) is 7.55. The van der Waals surface area contributed by atoms with Gasteiger partial charge in [-0.2, -0.15) is 0 Å². The Hall–Kier alpha value is -2.48. The maximum atomic E-state index is 11.5. The van der Waals surface area contributed by atoms with Crippen LogP contribution in [0.5, 0.6) is 17.2 Å². The van der Waals surface area contributed by atoms with Crippen LogP contribution in [-0.2, 0) is 11.2 Å². The van der Waals surface area contributed by atoms with Crippen molar-refractivity contribution in [3.63, 3.8) is 0 Å². The van der Waals surface area contributed by atoms with Crippen LogP contribution in [0.1, 0.15) is 31.1 Å². The second kappa shape index (κ2) is 9.35. The number of β-amino-alcohol motifs (C(OH)–C–C–N with tert-alkyl or cyclic N) is 1. The number of hydrogen-bond donors (Lipinski definition) is 4. The molecule has 2 aromatic carbocycles. The molecule has 7 nitrogen and oxygen atoms in total. The lowest BCUT2D eigenvalue weighted by molar-refractivity contribution is -0.118. The summed E-state index contributed by atoms with van der Waals surface area (Å²) >= 11 is 0. The largest absolute Gasteiger partial charge is 0.508 e. The van der Waals surface area contributed by atoms with E-state index in [0.717, 1.165) is 17.7 Å². The molecule has 0 aliphatic carbocycles. The minimum atomic E-state index is -0.911. The molecule has 0 bridgehead atoms. The van der Waals surface area contributed by atoms with E-state index in [0.29, 0.717) is 17.0 Å². The Morgan fingerprint density at radius 3 is 2.62 bits per heavy atom. The number of amides is 1. The number of fused-ring (bicyclic) bond motifs is 1. The first kappa shape index (κ1) is 22.8. The van der Waals surface area contributed by atoms with Gasteiger partial charge in [-0.1, -0.05) is 12.1 Å². The number of phenolic OH excluding ortho intramolecular Hbond substituents is 1. The molecule has 1 aliphatic heterocycles. The van der Waals surface area contributed by atoms with Gasteiger partial charge in [0.2, 0.25) is 0 Å². The molecule has 0 aromatic heterocycles. The van der Waals surface area contributed by atoms with Gasteiger partial charge in [-0.25, -0.2) is 0 Å². The number of aliphatic hydroxyl groups is 1. The number of aromatic hydroxyl groups is 1. The van der Waals surface area contributed by atoms with Crippen molar-refractivity contribution in [2.45, 2.75) is 31.9 Å². The normalized spacial score (nSPS) is 14.1. The zero-order valence-corrected chi connectivity index (χ0v) is 17.5. The smallest absolute Gasteiger partial charge is 0.262 e. The highest BCUT2D eigenvalue weighted by molar-refractivity contribution is 5.96. The standard InChI is InChI=1S/C21H26N2O5.ClH/c1-21(2,10-13-4-6-15(27-3)7-5-13)22-11-18(25)16-8-14(24)9-17-20(16)28-12-19(26)23-17;/h4-9,18,22,24-25H,10-12H2,1-3H3,(H,23,26);1H/t18-;/m0./s1. The molecule has 0 unspecified atom stereocenters. The van der Waals surface area contributed by atoms with Gasteiger partial charge in [0.05, 0.1) is 18.9 Å². The fraction of sp³-hybridized carbons (Fsp3) is 0.381. The summed E-state index contributed by atoms with van der Waals surface area (Å²) in [7, 11) is 1.64. The Labute approximate surface area is 176 Å². The molecule has 0 radical (unpaired) electrons. The first-order chi connectivity index (χ1) is 13.3. The van der Waals surface area contributed by atoms with E-state index in [1.54, 1.807) is 7.11 Å². The van der Waals surface area contributed by atoms with Gasteiger partial charge < -0.3 is 30.3 Å². The van der Waals surface area contributed by atoms with Crippen molar-refractivity contribution in [3.8, 4) is 17.2 Å². The zero-order chi connectivity index (χ0) is 20.3. The molecular formula is C21H27ClN2O5. The lowest BCUT2D eigenvalue weighted by atomic mass is 9.94. The van der Waals surface area contributed by atoms with E-state index in [1.165, 1.54) is 12.1 Å². The molecule has 0 spiro atoms. The molecular weight excluding hydrogens is 396 g/mol. The molecule has 0 fully saturated rings. The van der Waals surface area contributed by atoms with E-state index < -0.39 is 6.10 Å². The summed E-state index contributed by atoms with van der Waals surface area (Å²) in [4.78, 5) is 11.5. The van der Waals surface area contributed by atoms with Crippen molar-refractivity contribution >= 4 is 24.0 Å². The summed E-state index contributed by atoms with van der Waals surface area (Å²) in [5, 5.41) is 26.6. The summed E-state index contributed by atoms with van der Waals surface area (Å²) < 4.78 is 10.7. The number of benzene rings is 2.